The molecule has 0 aromatic heterocycles. The van der Waals surface area contributed by atoms with E-state index in [1.165, 1.54) is 0 Å². The lowest BCUT2D eigenvalue weighted by Crippen LogP contribution is -2.43. The molecule has 3 heteroatoms. The second kappa shape index (κ2) is 6.07. The van der Waals surface area contributed by atoms with E-state index in [2.05, 4.69) is 58.2 Å². The molecule has 15 heavy (non-hydrogen) atoms. The number of nitrogens with zero attached hydrogens (tertiary/aromatic N) is 1. The van der Waals surface area contributed by atoms with Gasteiger partial charge in [0.1, 0.15) is 14.6 Å². The zero-order chi connectivity index (χ0) is 12.1. The molecule has 0 atom stereocenters. The third kappa shape index (κ3) is 3.17. The summed E-state index contributed by atoms with van der Waals surface area (Å²) in [6.07, 6.45) is 0. The van der Waals surface area contributed by atoms with Gasteiger partial charge in [-0.25, -0.2) is 0 Å². The first-order chi connectivity index (χ1) is 6.89. The van der Waals surface area contributed by atoms with Crippen molar-refractivity contribution in [3.63, 3.8) is 0 Å². The first-order valence-electron chi connectivity index (χ1n) is 5.68. The molecule has 0 N–H and O–H groups in total. The fourth-order valence-electron chi connectivity index (χ4n) is 2.66. The molecular formula is C12H23NOSi. The van der Waals surface area contributed by atoms with Crippen LogP contribution >= 0.6 is 0 Å². The molecule has 0 rings (SSSR count). The van der Waals surface area contributed by atoms with Gasteiger partial charge in [-0.2, -0.15) is 0 Å². The average molecular weight is 225 g/mol. The van der Waals surface area contributed by atoms with Gasteiger partial charge in [-0.1, -0.05) is 52.6 Å². The highest BCUT2D eigenvalue weighted by molar-refractivity contribution is 6.90. The van der Waals surface area contributed by atoms with E-state index < -0.39 is 8.07 Å². The predicted molar refractivity (Wildman–Crippen MR) is 69.5 cm³/mol. The summed E-state index contributed by atoms with van der Waals surface area (Å²) in [6.45, 7) is 13.7. The summed E-state index contributed by atoms with van der Waals surface area (Å²) in [5, 5.41) is 2.82. The van der Waals surface area contributed by atoms with Gasteiger partial charge in [0.25, 0.3) is 0 Å². The van der Waals surface area contributed by atoms with Crippen molar-refractivity contribution in [1.29, 1.82) is 0 Å². The lowest BCUT2D eigenvalue weighted by Gasteiger charge is -2.38. The van der Waals surface area contributed by atoms with E-state index in [1.54, 1.807) is 0 Å². The Hall–Kier alpha value is -0.623. The molecule has 0 saturated carbocycles. The van der Waals surface area contributed by atoms with Crippen LogP contribution in [0.3, 0.4) is 0 Å². The van der Waals surface area contributed by atoms with Crippen molar-refractivity contribution in [2.45, 2.75) is 58.2 Å². The maximum Gasteiger partial charge on any atom is 0.146 e. The summed E-state index contributed by atoms with van der Waals surface area (Å²) in [5.41, 5.74) is 5.29. The fraction of sp³-hybridized carbons (Fsp3) is 0.833. The minimum atomic E-state index is -1.62. The van der Waals surface area contributed by atoms with E-state index in [4.69, 9.17) is 0 Å². The fourth-order valence-corrected chi connectivity index (χ4v) is 7.91. The van der Waals surface area contributed by atoms with Crippen LogP contribution in [0.25, 0.3) is 0 Å². The average Bonchev–Trinajstić information content (AvgIpc) is 2.10. The van der Waals surface area contributed by atoms with Crippen molar-refractivity contribution in [1.82, 2.24) is 0 Å². The maximum absolute atomic E-state index is 10.1. The highest BCUT2D eigenvalue weighted by Crippen LogP contribution is 2.40. The zero-order valence-corrected chi connectivity index (χ0v) is 11.8. The molecule has 0 heterocycles. The minimum Gasteiger partial charge on any atom is -0.150 e. The number of rotatable bonds is 4. The van der Waals surface area contributed by atoms with Crippen molar-refractivity contribution < 1.29 is 0 Å². The standard InChI is InChI=1S/C12H23NOSi/c1-10(2)15(11(3)4,12(5)6)9-7-8-13-14/h10-12H,8H2,1-6H3. The summed E-state index contributed by atoms with van der Waals surface area (Å²) >= 11 is 0. The summed E-state index contributed by atoms with van der Waals surface area (Å²) in [5.74, 6) is 2.95. The topological polar surface area (TPSA) is 29.4 Å². The van der Waals surface area contributed by atoms with Crippen LogP contribution in [0.1, 0.15) is 41.5 Å². The van der Waals surface area contributed by atoms with Gasteiger partial charge in [-0.15, -0.1) is 10.5 Å². The van der Waals surface area contributed by atoms with Gasteiger partial charge in [0, 0.05) is 0 Å². The molecule has 0 amide bonds. The van der Waals surface area contributed by atoms with E-state index in [0.717, 1.165) is 0 Å². The van der Waals surface area contributed by atoms with Crippen LogP contribution in [0.4, 0.5) is 0 Å². The Morgan fingerprint density at radius 3 is 1.67 bits per heavy atom. The third-order valence-electron chi connectivity index (χ3n) is 3.31. The Balaban J connectivity index is 5.16. The summed E-state index contributed by atoms with van der Waals surface area (Å²) in [4.78, 5) is 10.1. The number of nitroso groups, excluding NO2 is 1. The second-order valence-electron chi connectivity index (χ2n) is 4.99. The largest absolute Gasteiger partial charge is 0.150 e. The van der Waals surface area contributed by atoms with Crippen molar-refractivity contribution in [2.24, 2.45) is 5.18 Å². The Morgan fingerprint density at radius 1 is 1.00 bits per heavy atom. The van der Waals surface area contributed by atoms with E-state index >= 15 is 0 Å². The molecule has 0 aromatic carbocycles. The predicted octanol–water partition coefficient (Wildman–Crippen LogP) is 3.97. The molecule has 0 aliphatic carbocycles. The van der Waals surface area contributed by atoms with Crippen molar-refractivity contribution >= 4 is 8.07 Å². The smallest absolute Gasteiger partial charge is 0.146 e. The van der Waals surface area contributed by atoms with Crippen LogP contribution in [-0.4, -0.2) is 14.6 Å². The maximum atomic E-state index is 10.1. The Kier molecular flexibility index (Phi) is 5.82. The van der Waals surface area contributed by atoms with Crippen LogP contribution in [0.2, 0.25) is 16.6 Å². The monoisotopic (exact) mass is 225 g/mol. The molecule has 0 fully saturated rings. The first-order valence-corrected chi connectivity index (χ1v) is 7.91. The van der Waals surface area contributed by atoms with Gasteiger partial charge >= 0.3 is 0 Å². The van der Waals surface area contributed by atoms with E-state index in [1.807, 2.05) is 0 Å². The van der Waals surface area contributed by atoms with Crippen molar-refractivity contribution in [3.05, 3.63) is 4.91 Å². The Morgan fingerprint density at radius 2 is 1.40 bits per heavy atom. The van der Waals surface area contributed by atoms with Gasteiger partial charge in [-0.05, 0) is 16.6 Å². The second-order valence-corrected chi connectivity index (χ2v) is 10.6. The van der Waals surface area contributed by atoms with Crippen LogP contribution in [-0.2, 0) is 0 Å². The molecule has 2 nitrogen and oxygen atoms in total. The molecule has 86 valence electrons. The molecule has 0 aromatic rings. The molecule has 0 spiro atoms. The summed E-state index contributed by atoms with van der Waals surface area (Å²) in [6, 6.07) is 0. The van der Waals surface area contributed by atoms with Gasteiger partial charge in [0.15, 0.2) is 0 Å². The minimum absolute atomic E-state index is 0.140. The van der Waals surface area contributed by atoms with Crippen molar-refractivity contribution in [2.75, 3.05) is 6.54 Å². The van der Waals surface area contributed by atoms with Gasteiger partial charge in [-0.3, -0.25) is 0 Å². The lowest BCUT2D eigenvalue weighted by atomic mass is 10.5. The van der Waals surface area contributed by atoms with E-state index in [0.29, 0.717) is 16.6 Å². The zero-order valence-electron chi connectivity index (χ0n) is 10.8. The van der Waals surface area contributed by atoms with Gasteiger partial charge in [0.2, 0.25) is 0 Å². The highest BCUT2D eigenvalue weighted by Gasteiger charge is 2.41. The number of hydrogen-bond donors (Lipinski definition) is 0. The lowest BCUT2D eigenvalue weighted by molar-refractivity contribution is 0.838. The van der Waals surface area contributed by atoms with Gasteiger partial charge < -0.3 is 0 Å². The molecule has 0 bridgehead atoms. The van der Waals surface area contributed by atoms with E-state index in [9.17, 15) is 4.91 Å². The highest BCUT2D eigenvalue weighted by atomic mass is 28.3. The number of hydrogen-bond acceptors (Lipinski definition) is 2. The molecule has 0 unspecified atom stereocenters. The van der Waals surface area contributed by atoms with E-state index in [-0.39, 0.29) is 6.54 Å². The molecule has 0 radical (unpaired) electrons. The molecule has 0 saturated heterocycles. The van der Waals surface area contributed by atoms with Crippen molar-refractivity contribution in [3.8, 4) is 11.5 Å². The summed E-state index contributed by atoms with van der Waals surface area (Å²) in [7, 11) is -1.62. The Bertz CT molecular complexity index is 239. The SMILES string of the molecule is CC(C)[Si](C#CCN=O)(C(C)C)C(C)C. The molecular weight excluding hydrogens is 202 g/mol. The molecule has 0 aliphatic rings. The Labute approximate surface area is 94.8 Å². The quantitative estimate of drug-likeness (QED) is 0.404. The van der Waals surface area contributed by atoms with Crippen LogP contribution in [0, 0.1) is 16.4 Å². The third-order valence-corrected chi connectivity index (χ3v) is 9.66. The van der Waals surface area contributed by atoms with Crippen LogP contribution in [0.5, 0.6) is 0 Å². The summed E-state index contributed by atoms with van der Waals surface area (Å²) < 4.78 is 0. The first kappa shape index (κ1) is 14.4. The van der Waals surface area contributed by atoms with Crippen LogP contribution in [0.15, 0.2) is 5.18 Å². The molecule has 0 aliphatic heterocycles. The van der Waals surface area contributed by atoms with Gasteiger partial charge in [0.05, 0.1) is 0 Å². The van der Waals surface area contributed by atoms with Crippen LogP contribution < -0.4 is 0 Å². The normalized spacial score (nSPS) is 11.8.